The van der Waals surface area contributed by atoms with Crippen molar-refractivity contribution in [1.82, 2.24) is 4.98 Å². The standard InChI is InChI=1S/C11H19NO2S/c1-8(2)11(6-13,7-14)4-10-12-9(3)5-15-10/h5,8,13-14H,4,6-7H2,1-3H3. The quantitative estimate of drug-likeness (QED) is 0.806. The Hall–Kier alpha value is -0.450. The summed E-state index contributed by atoms with van der Waals surface area (Å²) in [6.45, 7) is 5.99. The molecule has 0 unspecified atom stereocenters. The molecular weight excluding hydrogens is 210 g/mol. The van der Waals surface area contributed by atoms with Gasteiger partial charge in [0.1, 0.15) is 0 Å². The molecule has 0 aliphatic rings. The van der Waals surface area contributed by atoms with E-state index < -0.39 is 5.41 Å². The monoisotopic (exact) mass is 229 g/mol. The first-order valence-electron chi connectivity index (χ1n) is 5.17. The molecule has 0 fully saturated rings. The molecule has 86 valence electrons. The van der Waals surface area contributed by atoms with Gasteiger partial charge in [0, 0.05) is 22.9 Å². The van der Waals surface area contributed by atoms with Gasteiger partial charge in [-0.2, -0.15) is 0 Å². The lowest BCUT2D eigenvalue weighted by atomic mass is 9.76. The number of rotatable bonds is 5. The largest absolute Gasteiger partial charge is 0.396 e. The summed E-state index contributed by atoms with van der Waals surface area (Å²) in [5.74, 6) is 0.233. The minimum absolute atomic E-state index is 0.000204. The second kappa shape index (κ2) is 5.05. The highest BCUT2D eigenvalue weighted by atomic mass is 32.1. The zero-order chi connectivity index (χ0) is 11.5. The average molecular weight is 229 g/mol. The lowest BCUT2D eigenvalue weighted by molar-refractivity contribution is 0.0163. The van der Waals surface area contributed by atoms with Crippen LogP contribution in [0.15, 0.2) is 5.38 Å². The summed E-state index contributed by atoms with van der Waals surface area (Å²) in [6.07, 6.45) is 0.649. The highest BCUT2D eigenvalue weighted by Gasteiger charge is 2.33. The van der Waals surface area contributed by atoms with Crippen LogP contribution in [-0.2, 0) is 6.42 Å². The van der Waals surface area contributed by atoms with E-state index in [-0.39, 0.29) is 19.1 Å². The van der Waals surface area contributed by atoms with E-state index in [2.05, 4.69) is 4.98 Å². The maximum atomic E-state index is 9.43. The molecule has 0 aromatic carbocycles. The number of nitrogens with zero attached hydrogens (tertiary/aromatic N) is 1. The molecule has 15 heavy (non-hydrogen) atoms. The topological polar surface area (TPSA) is 53.4 Å². The molecule has 0 aliphatic heterocycles. The van der Waals surface area contributed by atoms with Crippen LogP contribution in [0.1, 0.15) is 24.5 Å². The Morgan fingerprint density at radius 3 is 2.33 bits per heavy atom. The smallest absolute Gasteiger partial charge is 0.0935 e. The van der Waals surface area contributed by atoms with Gasteiger partial charge < -0.3 is 10.2 Å². The molecule has 0 atom stereocenters. The number of aliphatic hydroxyl groups excluding tert-OH is 2. The number of aromatic nitrogens is 1. The molecule has 1 heterocycles. The molecular formula is C11H19NO2S. The van der Waals surface area contributed by atoms with Crippen molar-refractivity contribution in [2.75, 3.05) is 13.2 Å². The van der Waals surface area contributed by atoms with Crippen molar-refractivity contribution in [3.63, 3.8) is 0 Å². The van der Waals surface area contributed by atoms with Crippen molar-refractivity contribution in [2.24, 2.45) is 11.3 Å². The molecule has 1 aromatic rings. The molecule has 1 rings (SSSR count). The van der Waals surface area contributed by atoms with Crippen LogP contribution in [0.3, 0.4) is 0 Å². The van der Waals surface area contributed by atoms with Gasteiger partial charge in [-0.05, 0) is 12.8 Å². The lowest BCUT2D eigenvalue weighted by Crippen LogP contribution is -2.37. The van der Waals surface area contributed by atoms with E-state index in [0.717, 1.165) is 10.7 Å². The van der Waals surface area contributed by atoms with E-state index in [1.54, 1.807) is 11.3 Å². The Labute approximate surface area is 94.8 Å². The number of hydrogen-bond donors (Lipinski definition) is 2. The van der Waals surface area contributed by atoms with Gasteiger partial charge in [0.15, 0.2) is 0 Å². The van der Waals surface area contributed by atoms with Gasteiger partial charge in [-0.1, -0.05) is 13.8 Å². The second-order valence-electron chi connectivity index (χ2n) is 4.39. The van der Waals surface area contributed by atoms with E-state index in [1.807, 2.05) is 26.2 Å². The van der Waals surface area contributed by atoms with E-state index in [9.17, 15) is 10.2 Å². The van der Waals surface area contributed by atoms with Crippen LogP contribution in [0.4, 0.5) is 0 Å². The fourth-order valence-corrected chi connectivity index (χ4v) is 2.44. The summed E-state index contributed by atoms with van der Waals surface area (Å²) < 4.78 is 0. The molecule has 0 radical (unpaired) electrons. The van der Waals surface area contributed by atoms with E-state index >= 15 is 0 Å². The summed E-state index contributed by atoms with van der Waals surface area (Å²) in [4.78, 5) is 4.37. The van der Waals surface area contributed by atoms with Crippen LogP contribution in [-0.4, -0.2) is 28.4 Å². The third-order valence-electron chi connectivity index (χ3n) is 3.02. The van der Waals surface area contributed by atoms with Crippen molar-refractivity contribution >= 4 is 11.3 Å². The average Bonchev–Trinajstić information content (AvgIpc) is 2.60. The Morgan fingerprint density at radius 2 is 2.00 bits per heavy atom. The van der Waals surface area contributed by atoms with Gasteiger partial charge in [0.25, 0.3) is 0 Å². The maximum absolute atomic E-state index is 9.43. The summed E-state index contributed by atoms with van der Waals surface area (Å²) in [5.41, 5.74) is 0.563. The summed E-state index contributed by atoms with van der Waals surface area (Å²) in [5, 5.41) is 21.8. The molecule has 3 nitrogen and oxygen atoms in total. The molecule has 0 aliphatic carbocycles. The van der Waals surface area contributed by atoms with E-state index in [1.165, 1.54) is 0 Å². The highest BCUT2D eigenvalue weighted by Crippen LogP contribution is 2.31. The van der Waals surface area contributed by atoms with E-state index in [4.69, 9.17) is 0 Å². The third kappa shape index (κ3) is 2.77. The molecule has 0 saturated heterocycles. The molecule has 2 N–H and O–H groups in total. The molecule has 4 heteroatoms. The number of hydrogen-bond acceptors (Lipinski definition) is 4. The van der Waals surface area contributed by atoms with Crippen molar-refractivity contribution in [2.45, 2.75) is 27.2 Å². The fraction of sp³-hybridized carbons (Fsp3) is 0.727. The Kier molecular flexibility index (Phi) is 4.25. The van der Waals surface area contributed by atoms with Crippen LogP contribution >= 0.6 is 11.3 Å². The lowest BCUT2D eigenvalue weighted by Gasteiger charge is -2.33. The Morgan fingerprint density at radius 1 is 1.40 bits per heavy atom. The minimum Gasteiger partial charge on any atom is -0.396 e. The maximum Gasteiger partial charge on any atom is 0.0935 e. The SMILES string of the molecule is Cc1csc(CC(CO)(CO)C(C)C)n1. The number of aryl methyl sites for hydroxylation is 1. The zero-order valence-electron chi connectivity index (χ0n) is 9.53. The van der Waals surface area contributed by atoms with Crippen molar-refractivity contribution in [3.05, 3.63) is 16.1 Å². The predicted octanol–water partition coefficient (Wildman–Crippen LogP) is 1.62. The van der Waals surface area contributed by atoms with Gasteiger partial charge in [-0.25, -0.2) is 4.98 Å². The van der Waals surface area contributed by atoms with Crippen LogP contribution in [0.5, 0.6) is 0 Å². The zero-order valence-corrected chi connectivity index (χ0v) is 10.3. The second-order valence-corrected chi connectivity index (χ2v) is 5.34. The molecule has 0 amide bonds. The molecule has 0 spiro atoms. The van der Waals surface area contributed by atoms with Crippen LogP contribution in [0.2, 0.25) is 0 Å². The van der Waals surface area contributed by atoms with Crippen molar-refractivity contribution in [3.8, 4) is 0 Å². The van der Waals surface area contributed by atoms with Gasteiger partial charge >= 0.3 is 0 Å². The first-order chi connectivity index (χ1) is 7.04. The van der Waals surface area contributed by atoms with E-state index in [0.29, 0.717) is 6.42 Å². The molecule has 0 bridgehead atoms. The summed E-state index contributed by atoms with van der Waals surface area (Å²) in [6, 6.07) is 0. The minimum atomic E-state index is -0.440. The van der Waals surface area contributed by atoms with Crippen LogP contribution < -0.4 is 0 Å². The van der Waals surface area contributed by atoms with Crippen LogP contribution in [0.25, 0.3) is 0 Å². The van der Waals surface area contributed by atoms with Gasteiger partial charge in [-0.15, -0.1) is 11.3 Å². The van der Waals surface area contributed by atoms with Gasteiger partial charge in [-0.3, -0.25) is 0 Å². The Bertz CT molecular complexity index is 305. The van der Waals surface area contributed by atoms with Crippen molar-refractivity contribution < 1.29 is 10.2 Å². The predicted molar refractivity (Wildman–Crippen MR) is 62.0 cm³/mol. The molecule has 0 saturated carbocycles. The number of aliphatic hydroxyl groups is 2. The van der Waals surface area contributed by atoms with Gasteiger partial charge in [0.05, 0.1) is 18.2 Å². The fourth-order valence-electron chi connectivity index (χ4n) is 1.52. The third-order valence-corrected chi connectivity index (χ3v) is 3.99. The van der Waals surface area contributed by atoms with Gasteiger partial charge in [0.2, 0.25) is 0 Å². The number of thiazole rings is 1. The van der Waals surface area contributed by atoms with Crippen molar-refractivity contribution in [1.29, 1.82) is 0 Å². The normalized spacial score (nSPS) is 12.4. The summed E-state index contributed by atoms with van der Waals surface area (Å²) >= 11 is 1.59. The summed E-state index contributed by atoms with van der Waals surface area (Å²) in [7, 11) is 0. The highest BCUT2D eigenvalue weighted by molar-refractivity contribution is 7.09. The Balaban J connectivity index is 2.83. The van der Waals surface area contributed by atoms with Crippen LogP contribution in [0, 0.1) is 18.3 Å². The molecule has 1 aromatic heterocycles. The first-order valence-corrected chi connectivity index (χ1v) is 6.05. The first kappa shape index (κ1) is 12.6.